The molecule has 1 unspecified atom stereocenters. The van der Waals surface area contributed by atoms with Gasteiger partial charge in [0, 0.05) is 12.6 Å². The highest BCUT2D eigenvalue weighted by atomic mass is 16.5. The number of nitrogens with zero attached hydrogens (tertiary/aromatic N) is 2. The zero-order valence-corrected chi connectivity index (χ0v) is 12.2. The summed E-state index contributed by atoms with van der Waals surface area (Å²) < 4.78 is 7.93. The number of rotatable bonds is 7. The second-order valence-corrected chi connectivity index (χ2v) is 4.95. The third-order valence-corrected chi connectivity index (χ3v) is 3.40. The average Bonchev–Trinajstić information content (AvgIpc) is 2.92. The molecule has 2 rings (SSSR count). The van der Waals surface area contributed by atoms with Crippen molar-refractivity contribution in [3.05, 3.63) is 48.0 Å². The van der Waals surface area contributed by atoms with E-state index in [1.807, 2.05) is 36.8 Å². The highest BCUT2D eigenvalue weighted by Crippen LogP contribution is 2.19. The molecule has 0 aliphatic rings. The van der Waals surface area contributed by atoms with E-state index in [2.05, 4.69) is 23.4 Å². The molecule has 4 heteroatoms. The quantitative estimate of drug-likeness (QED) is 0.842. The van der Waals surface area contributed by atoms with Gasteiger partial charge in [-0.15, -0.1) is 0 Å². The van der Waals surface area contributed by atoms with Crippen LogP contribution in [0.4, 0.5) is 0 Å². The molecule has 4 nitrogen and oxygen atoms in total. The van der Waals surface area contributed by atoms with E-state index in [0.717, 1.165) is 36.4 Å². The first-order valence-corrected chi connectivity index (χ1v) is 7.22. The largest absolute Gasteiger partial charge is 0.487 e. The van der Waals surface area contributed by atoms with Gasteiger partial charge < -0.3 is 15.0 Å². The Morgan fingerprint density at radius 1 is 1.25 bits per heavy atom. The van der Waals surface area contributed by atoms with Crippen molar-refractivity contribution in [3.63, 3.8) is 0 Å². The van der Waals surface area contributed by atoms with Crippen LogP contribution >= 0.6 is 0 Å². The second kappa shape index (κ2) is 7.10. The van der Waals surface area contributed by atoms with Gasteiger partial charge in [0.05, 0.1) is 18.2 Å². The molecule has 2 aromatic rings. The first-order chi connectivity index (χ1) is 9.74. The lowest BCUT2D eigenvalue weighted by molar-refractivity contribution is 0.294. The fourth-order valence-corrected chi connectivity index (χ4v) is 2.11. The lowest BCUT2D eigenvalue weighted by Gasteiger charge is -2.11. The minimum Gasteiger partial charge on any atom is -0.487 e. The molecule has 2 N–H and O–H groups in total. The Labute approximate surface area is 120 Å². The van der Waals surface area contributed by atoms with Gasteiger partial charge in [-0.1, -0.05) is 26.0 Å². The van der Waals surface area contributed by atoms with E-state index in [1.54, 1.807) is 0 Å². The molecule has 20 heavy (non-hydrogen) atoms. The van der Waals surface area contributed by atoms with E-state index >= 15 is 0 Å². The molecule has 0 aliphatic heterocycles. The number of hydrogen-bond acceptors (Lipinski definition) is 3. The van der Waals surface area contributed by atoms with Crippen molar-refractivity contribution in [3.8, 4) is 5.75 Å². The van der Waals surface area contributed by atoms with Gasteiger partial charge in [0.1, 0.15) is 12.4 Å². The number of aromatic nitrogens is 2. The molecular formula is C16H23N3O. The van der Waals surface area contributed by atoms with Gasteiger partial charge in [0.15, 0.2) is 0 Å². The highest BCUT2D eigenvalue weighted by molar-refractivity contribution is 5.29. The van der Waals surface area contributed by atoms with Crippen molar-refractivity contribution in [1.82, 2.24) is 9.55 Å². The third kappa shape index (κ3) is 3.61. The maximum Gasteiger partial charge on any atom is 0.130 e. The minimum absolute atomic E-state index is 0.107. The zero-order chi connectivity index (χ0) is 14.4. The summed E-state index contributed by atoms with van der Waals surface area (Å²) in [4.78, 5) is 4.17. The van der Waals surface area contributed by atoms with Crippen LogP contribution in [-0.2, 0) is 13.2 Å². The maximum atomic E-state index is 6.00. The summed E-state index contributed by atoms with van der Waals surface area (Å²) >= 11 is 0. The highest BCUT2D eigenvalue weighted by Gasteiger charge is 2.05. The summed E-state index contributed by atoms with van der Waals surface area (Å²) in [6, 6.07) is 8.13. The summed E-state index contributed by atoms with van der Waals surface area (Å²) in [7, 11) is 0. The Kier molecular flexibility index (Phi) is 5.18. The molecule has 0 fully saturated rings. The molecule has 0 bridgehead atoms. The maximum absolute atomic E-state index is 6.00. The Balaban J connectivity index is 1.95. The molecule has 0 saturated heterocycles. The summed E-state index contributed by atoms with van der Waals surface area (Å²) in [5.41, 5.74) is 8.24. The topological polar surface area (TPSA) is 53.1 Å². The van der Waals surface area contributed by atoms with Crippen LogP contribution in [0.25, 0.3) is 0 Å². The first kappa shape index (κ1) is 14.6. The van der Waals surface area contributed by atoms with E-state index in [0.29, 0.717) is 6.61 Å². The van der Waals surface area contributed by atoms with Crippen molar-refractivity contribution in [2.75, 3.05) is 0 Å². The van der Waals surface area contributed by atoms with Gasteiger partial charge in [-0.2, -0.15) is 0 Å². The van der Waals surface area contributed by atoms with Crippen LogP contribution in [0, 0.1) is 0 Å². The van der Waals surface area contributed by atoms with Crippen LogP contribution in [-0.4, -0.2) is 9.55 Å². The lowest BCUT2D eigenvalue weighted by Crippen LogP contribution is -2.08. The molecule has 0 spiro atoms. The number of ether oxygens (including phenoxy) is 1. The van der Waals surface area contributed by atoms with Crippen molar-refractivity contribution in [1.29, 1.82) is 0 Å². The second-order valence-electron chi connectivity index (χ2n) is 4.95. The van der Waals surface area contributed by atoms with Gasteiger partial charge >= 0.3 is 0 Å². The molecule has 1 atom stereocenters. The predicted molar refractivity (Wildman–Crippen MR) is 80.5 cm³/mol. The number of hydrogen-bond donors (Lipinski definition) is 1. The van der Waals surface area contributed by atoms with E-state index in [4.69, 9.17) is 10.5 Å². The number of aryl methyl sites for hydroxylation is 1. The zero-order valence-electron chi connectivity index (χ0n) is 12.2. The summed E-state index contributed by atoms with van der Waals surface area (Å²) in [6.45, 7) is 5.76. The van der Waals surface area contributed by atoms with Crippen molar-refractivity contribution in [2.24, 2.45) is 5.73 Å². The summed E-state index contributed by atoms with van der Waals surface area (Å²) in [5.74, 6) is 0.862. The summed E-state index contributed by atoms with van der Waals surface area (Å²) in [6.07, 6.45) is 5.74. The minimum atomic E-state index is 0.107. The van der Waals surface area contributed by atoms with E-state index in [-0.39, 0.29) is 6.04 Å². The Morgan fingerprint density at radius 3 is 2.65 bits per heavy atom. The van der Waals surface area contributed by atoms with Crippen molar-refractivity contribution < 1.29 is 4.74 Å². The molecule has 1 aromatic carbocycles. The van der Waals surface area contributed by atoms with E-state index < -0.39 is 0 Å². The smallest absolute Gasteiger partial charge is 0.130 e. The van der Waals surface area contributed by atoms with E-state index in [9.17, 15) is 0 Å². The summed E-state index contributed by atoms with van der Waals surface area (Å²) in [5, 5.41) is 0. The Bertz CT molecular complexity index is 519. The van der Waals surface area contributed by atoms with Crippen molar-refractivity contribution in [2.45, 2.75) is 45.9 Å². The Morgan fingerprint density at radius 2 is 2.00 bits per heavy atom. The molecule has 1 heterocycles. The normalized spacial score (nSPS) is 12.3. The van der Waals surface area contributed by atoms with Crippen LogP contribution in [0.3, 0.4) is 0 Å². The third-order valence-electron chi connectivity index (χ3n) is 3.40. The van der Waals surface area contributed by atoms with Crippen LogP contribution in [0.2, 0.25) is 0 Å². The van der Waals surface area contributed by atoms with E-state index in [1.165, 1.54) is 0 Å². The van der Waals surface area contributed by atoms with Gasteiger partial charge in [0.2, 0.25) is 0 Å². The molecule has 1 aromatic heterocycles. The Hall–Kier alpha value is -1.81. The monoisotopic (exact) mass is 273 g/mol. The van der Waals surface area contributed by atoms with Crippen LogP contribution in [0.15, 0.2) is 36.8 Å². The van der Waals surface area contributed by atoms with Crippen LogP contribution < -0.4 is 10.5 Å². The molecule has 0 amide bonds. The standard InChI is InChI=1S/C16H23N3O/c1-3-9-19-12-18-10-14(19)11-20-15-7-5-13(6-8-15)16(17)4-2/h5-8,10,12,16H,3-4,9,11,17H2,1-2H3. The number of nitrogens with two attached hydrogens (primary N) is 1. The fraction of sp³-hybridized carbons (Fsp3) is 0.438. The number of benzene rings is 1. The first-order valence-electron chi connectivity index (χ1n) is 7.22. The SMILES string of the molecule is CCCn1cncc1COc1ccc(C(N)CC)cc1. The van der Waals surface area contributed by atoms with Gasteiger partial charge in [0.25, 0.3) is 0 Å². The van der Waals surface area contributed by atoms with Gasteiger partial charge in [-0.3, -0.25) is 0 Å². The lowest BCUT2D eigenvalue weighted by atomic mass is 10.1. The van der Waals surface area contributed by atoms with Gasteiger partial charge in [-0.05, 0) is 30.5 Å². The number of imidazole rings is 1. The molecular weight excluding hydrogens is 250 g/mol. The van der Waals surface area contributed by atoms with Crippen LogP contribution in [0.1, 0.15) is 44.0 Å². The molecule has 0 saturated carbocycles. The predicted octanol–water partition coefficient (Wildman–Crippen LogP) is 3.28. The van der Waals surface area contributed by atoms with Crippen LogP contribution in [0.5, 0.6) is 5.75 Å². The fourth-order valence-electron chi connectivity index (χ4n) is 2.11. The van der Waals surface area contributed by atoms with Gasteiger partial charge in [-0.25, -0.2) is 4.98 Å². The molecule has 0 radical (unpaired) electrons. The molecule has 0 aliphatic carbocycles. The molecule has 108 valence electrons. The average molecular weight is 273 g/mol. The van der Waals surface area contributed by atoms with Crippen molar-refractivity contribution >= 4 is 0 Å².